The minimum Gasteiger partial charge on any atom is -0.278 e. The van der Waals surface area contributed by atoms with Gasteiger partial charge in [-0.15, -0.1) is 0 Å². The van der Waals surface area contributed by atoms with E-state index in [-0.39, 0.29) is 5.91 Å². The second kappa shape index (κ2) is 8.15. The monoisotopic (exact) mass is 385 g/mol. The van der Waals surface area contributed by atoms with Crippen LogP contribution in [0.25, 0.3) is 16.3 Å². The zero-order chi connectivity index (χ0) is 19.3. The van der Waals surface area contributed by atoms with Gasteiger partial charge in [-0.25, -0.2) is 4.98 Å². The first-order valence-electron chi connectivity index (χ1n) is 9.01. The number of carbonyl (C=O) groups excluding carboxylic acids is 1. The van der Waals surface area contributed by atoms with Crippen LogP contribution >= 0.6 is 11.3 Å². The maximum Gasteiger partial charge on any atom is 0.253 e. The molecule has 0 saturated carbocycles. The predicted molar refractivity (Wildman–Crippen MR) is 115 cm³/mol. The number of carbonyl (C=O) groups is 1. The van der Waals surface area contributed by atoms with Gasteiger partial charge in [-0.3, -0.25) is 14.7 Å². The van der Waals surface area contributed by atoms with Crippen LogP contribution in [0.4, 0.5) is 5.13 Å². The van der Waals surface area contributed by atoms with Crippen molar-refractivity contribution in [2.45, 2.75) is 13.5 Å². The summed E-state index contributed by atoms with van der Waals surface area (Å²) < 4.78 is 1.07. The van der Waals surface area contributed by atoms with Crippen LogP contribution in [-0.2, 0) is 11.3 Å². The van der Waals surface area contributed by atoms with Gasteiger partial charge in [0.15, 0.2) is 5.13 Å². The molecule has 0 bridgehead atoms. The Hall–Kier alpha value is -3.31. The maximum absolute atomic E-state index is 13.1. The number of fused-ring (bicyclic) bond motifs is 1. The average molecular weight is 385 g/mol. The number of hydrogen-bond acceptors (Lipinski definition) is 4. The van der Waals surface area contributed by atoms with Crippen LogP contribution in [0.3, 0.4) is 0 Å². The van der Waals surface area contributed by atoms with Crippen molar-refractivity contribution >= 4 is 38.7 Å². The van der Waals surface area contributed by atoms with E-state index in [0.29, 0.717) is 11.7 Å². The fourth-order valence-electron chi connectivity index (χ4n) is 2.91. The second-order valence-corrected chi connectivity index (χ2v) is 7.42. The van der Waals surface area contributed by atoms with E-state index in [0.717, 1.165) is 27.0 Å². The molecule has 0 N–H and O–H groups in total. The van der Waals surface area contributed by atoms with Gasteiger partial charge in [-0.05, 0) is 42.3 Å². The summed E-state index contributed by atoms with van der Waals surface area (Å²) in [6.07, 6.45) is 5.16. The molecule has 5 heteroatoms. The van der Waals surface area contributed by atoms with Gasteiger partial charge in [0.2, 0.25) is 0 Å². The van der Waals surface area contributed by atoms with Crippen LogP contribution < -0.4 is 4.90 Å². The van der Waals surface area contributed by atoms with Gasteiger partial charge < -0.3 is 0 Å². The fourth-order valence-corrected chi connectivity index (χ4v) is 3.95. The lowest BCUT2D eigenvalue weighted by Gasteiger charge is -2.17. The highest BCUT2D eigenvalue weighted by molar-refractivity contribution is 7.22. The van der Waals surface area contributed by atoms with Crippen LogP contribution in [0.2, 0.25) is 0 Å². The third-order valence-electron chi connectivity index (χ3n) is 4.37. The Labute approximate surface area is 167 Å². The number of amides is 1. The minimum absolute atomic E-state index is 0.119. The number of anilines is 1. The van der Waals surface area contributed by atoms with E-state index < -0.39 is 0 Å². The van der Waals surface area contributed by atoms with Crippen LogP contribution in [0.5, 0.6) is 0 Å². The van der Waals surface area contributed by atoms with Gasteiger partial charge in [0, 0.05) is 12.3 Å². The number of para-hydroxylation sites is 1. The molecule has 2 heterocycles. The molecule has 138 valence electrons. The highest BCUT2D eigenvalue weighted by atomic mass is 32.1. The van der Waals surface area contributed by atoms with E-state index in [1.54, 1.807) is 17.2 Å². The van der Waals surface area contributed by atoms with E-state index in [9.17, 15) is 4.79 Å². The average Bonchev–Trinajstić information content (AvgIpc) is 3.17. The molecule has 28 heavy (non-hydrogen) atoms. The van der Waals surface area contributed by atoms with Crippen molar-refractivity contribution in [2.24, 2.45) is 0 Å². The van der Waals surface area contributed by atoms with Gasteiger partial charge >= 0.3 is 0 Å². The fraction of sp³-hybridized carbons (Fsp3) is 0.0870. The SMILES string of the molecule is Cc1cccc2sc(N(Cc3ccccn3)C(=O)/C=C/c3ccccc3)nc12. The molecule has 4 rings (SSSR count). The smallest absolute Gasteiger partial charge is 0.253 e. The van der Waals surface area contributed by atoms with Gasteiger partial charge in [0.25, 0.3) is 5.91 Å². The zero-order valence-electron chi connectivity index (χ0n) is 15.4. The molecular weight excluding hydrogens is 366 g/mol. The second-order valence-electron chi connectivity index (χ2n) is 6.41. The largest absolute Gasteiger partial charge is 0.278 e. The molecule has 0 spiro atoms. The molecule has 0 radical (unpaired) electrons. The first kappa shape index (κ1) is 18.1. The van der Waals surface area contributed by atoms with Crippen molar-refractivity contribution in [3.05, 3.63) is 95.8 Å². The molecule has 0 fully saturated rings. The number of thiazole rings is 1. The van der Waals surface area contributed by atoms with Crippen molar-refractivity contribution in [2.75, 3.05) is 4.90 Å². The van der Waals surface area contributed by atoms with E-state index in [4.69, 9.17) is 4.98 Å². The highest BCUT2D eigenvalue weighted by Gasteiger charge is 2.19. The van der Waals surface area contributed by atoms with E-state index in [1.807, 2.05) is 79.7 Å². The number of pyridine rings is 1. The molecule has 2 aromatic heterocycles. The first-order chi connectivity index (χ1) is 13.7. The summed E-state index contributed by atoms with van der Waals surface area (Å²) in [6, 6.07) is 21.6. The summed E-state index contributed by atoms with van der Waals surface area (Å²) in [5.74, 6) is -0.119. The van der Waals surface area contributed by atoms with Gasteiger partial charge in [-0.1, -0.05) is 59.9 Å². The lowest BCUT2D eigenvalue weighted by Crippen LogP contribution is -2.29. The van der Waals surface area contributed by atoms with E-state index >= 15 is 0 Å². The first-order valence-corrected chi connectivity index (χ1v) is 9.83. The zero-order valence-corrected chi connectivity index (χ0v) is 16.3. The summed E-state index contributed by atoms with van der Waals surface area (Å²) in [5, 5.41) is 0.678. The van der Waals surface area contributed by atoms with Crippen LogP contribution in [0.1, 0.15) is 16.8 Å². The number of rotatable bonds is 5. The van der Waals surface area contributed by atoms with E-state index in [1.165, 1.54) is 11.3 Å². The molecule has 2 aromatic carbocycles. The van der Waals surface area contributed by atoms with Crippen molar-refractivity contribution in [3.63, 3.8) is 0 Å². The number of nitrogens with zero attached hydrogens (tertiary/aromatic N) is 3. The number of hydrogen-bond donors (Lipinski definition) is 0. The van der Waals surface area contributed by atoms with Crippen molar-refractivity contribution < 1.29 is 4.79 Å². The summed E-state index contributed by atoms with van der Waals surface area (Å²) in [5.41, 5.74) is 3.84. The van der Waals surface area contributed by atoms with Crippen LogP contribution in [0, 0.1) is 6.92 Å². The standard InChI is InChI=1S/C23H19N3OS/c1-17-8-7-12-20-22(17)25-23(28-20)26(16-19-11-5-6-15-24-19)21(27)14-13-18-9-3-2-4-10-18/h2-15H,16H2,1H3/b14-13+. The van der Waals surface area contributed by atoms with Crippen molar-refractivity contribution in [1.29, 1.82) is 0 Å². The number of benzene rings is 2. The summed E-state index contributed by atoms with van der Waals surface area (Å²) in [6.45, 7) is 2.41. The Balaban J connectivity index is 1.69. The molecule has 0 saturated heterocycles. The topological polar surface area (TPSA) is 46.1 Å². The Morgan fingerprint density at radius 2 is 1.86 bits per heavy atom. The molecule has 0 atom stereocenters. The summed E-state index contributed by atoms with van der Waals surface area (Å²) in [7, 11) is 0. The minimum atomic E-state index is -0.119. The normalized spacial score (nSPS) is 11.2. The molecule has 0 aliphatic heterocycles. The lowest BCUT2D eigenvalue weighted by molar-refractivity contribution is -0.114. The van der Waals surface area contributed by atoms with Gasteiger partial charge in [-0.2, -0.15) is 0 Å². The Morgan fingerprint density at radius 3 is 2.61 bits per heavy atom. The molecule has 0 aliphatic carbocycles. The Kier molecular flexibility index (Phi) is 5.26. The lowest BCUT2D eigenvalue weighted by atomic mass is 10.2. The molecule has 0 aliphatic rings. The third kappa shape index (κ3) is 4.00. The molecule has 0 unspecified atom stereocenters. The van der Waals surface area contributed by atoms with E-state index in [2.05, 4.69) is 4.98 Å². The van der Waals surface area contributed by atoms with Gasteiger partial charge in [0.05, 0.1) is 22.5 Å². The molecule has 4 aromatic rings. The van der Waals surface area contributed by atoms with Crippen LogP contribution in [-0.4, -0.2) is 15.9 Å². The Morgan fingerprint density at radius 1 is 1.04 bits per heavy atom. The molecule has 4 nitrogen and oxygen atoms in total. The third-order valence-corrected chi connectivity index (χ3v) is 5.41. The summed E-state index contributed by atoms with van der Waals surface area (Å²) >= 11 is 1.52. The van der Waals surface area contributed by atoms with Crippen molar-refractivity contribution in [1.82, 2.24) is 9.97 Å². The molecular formula is C23H19N3OS. The van der Waals surface area contributed by atoms with Crippen molar-refractivity contribution in [3.8, 4) is 0 Å². The summed E-state index contributed by atoms with van der Waals surface area (Å²) in [4.78, 5) is 23.9. The number of aromatic nitrogens is 2. The quantitative estimate of drug-likeness (QED) is 0.441. The Bertz CT molecular complexity index is 1120. The molecule has 1 amide bonds. The number of aryl methyl sites for hydroxylation is 1. The highest BCUT2D eigenvalue weighted by Crippen LogP contribution is 2.31. The van der Waals surface area contributed by atoms with Gasteiger partial charge in [0.1, 0.15) is 0 Å². The predicted octanol–water partition coefficient (Wildman–Crippen LogP) is 5.25. The maximum atomic E-state index is 13.1. The van der Waals surface area contributed by atoms with Crippen LogP contribution in [0.15, 0.2) is 79.0 Å².